The van der Waals surface area contributed by atoms with Crippen LogP contribution in [0.5, 0.6) is 0 Å². The van der Waals surface area contributed by atoms with Crippen LogP contribution in [0.15, 0.2) is 36.4 Å². The molecular formula is C24H23F5. The highest BCUT2D eigenvalue weighted by atomic mass is 19.4. The van der Waals surface area contributed by atoms with Crippen molar-refractivity contribution in [1.29, 1.82) is 0 Å². The quantitative estimate of drug-likeness (QED) is 0.374. The summed E-state index contributed by atoms with van der Waals surface area (Å²) in [7, 11) is 0. The number of halogens is 5. The number of alkyl halides is 3. The zero-order valence-electron chi connectivity index (χ0n) is 16.3. The molecule has 0 amide bonds. The maximum absolute atomic E-state index is 14.0. The van der Waals surface area contributed by atoms with E-state index in [0.29, 0.717) is 24.3 Å². The van der Waals surface area contributed by atoms with Crippen LogP contribution in [0.3, 0.4) is 0 Å². The summed E-state index contributed by atoms with van der Waals surface area (Å²) in [6.07, 6.45) is 4.59. The molecule has 2 aromatic carbocycles. The van der Waals surface area contributed by atoms with Gasteiger partial charge in [-0.3, -0.25) is 0 Å². The SMILES string of the molecule is C/C=C/[C@H]1CCc2c(ccc3c2CC[C@H](c2cc(F)c(C(F)(F)F)c(F)c2)C3)C1. The maximum atomic E-state index is 14.0. The van der Waals surface area contributed by atoms with Gasteiger partial charge in [0.1, 0.15) is 17.2 Å². The predicted octanol–water partition coefficient (Wildman–Crippen LogP) is 6.94. The Morgan fingerprint density at radius 3 is 2.07 bits per heavy atom. The van der Waals surface area contributed by atoms with Gasteiger partial charge in [-0.15, -0.1) is 0 Å². The number of rotatable bonds is 2. The molecule has 0 saturated carbocycles. The van der Waals surface area contributed by atoms with Gasteiger partial charge in [-0.1, -0.05) is 24.3 Å². The molecule has 2 aliphatic rings. The van der Waals surface area contributed by atoms with Crippen LogP contribution in [-0.2, 0) is 31.9 Å². The first-order chi connectivity index (χ1) is 13.8. The molecule has 0 spiro atoms. The number of fused-ring (bicyclic) bond motifs is 3. The third-order valence-corrected chi connectivity index (χ3v) is 6.37. The van der Waals surface area contributed by atoms with Gasteiger partial charge in [-0.25, -0.2) is 8.78 Å². The van der Waals surface area contributed by atoms with E-state index in [1.807, 2.05) is 6.92 Å². The summed E-state index contributed by atoms with van der Waals surface area (Å²) in [6, 6.07) is 5.97. The highest BCUT2D eigenvalue weighted by Gasteiger charge is 2.38. The van der Waals surface area contributed by atoms with Crippen LogP contribution in [0.1, 0.15) is 59.1 Å². The van der Waals surface area contributed by atoms with Crippen LogP contribution in [-0.4, -0.2) is 0 Å². The minimum Gasteiger partial charge on any atom is -0.206 e. The second-order valence-electron chi connectivity index (χ2n) is 8.17. The van der Waals surface area contributed by atoms with Crippen LogP contribution in [0.4, 0.5) is 22.0 Å². The minimum atomic E-state index is -5.03. The summed E-state index contributed by atoms with van der Waals surface area (Å²) in [5.41, 5.74) is 3.79. The Morgan fingerprint density at radius 1 is 0.897 bits per heavy atom. The van der Waals surface area contributed by atoms with Gasteiger partial charge in [0.2, 0.25) is 0 Å². The lowest BCUT2D eigenvalue weighted by atomic mass is 9.73. The van der Waals surface area contributed by atoms with E-state index in [4.69, 9.17) is 0 Å². The Hall–Kier alpha value is -2.17. The van der Waals surface area contributed by atoms with Gasteiger partial charge in [0, 0.05) is 0 Å². The van der Waals surface area contributed by atoms with E-state index < -0.39 is 23.4 Å². The average Bonchev–Trinajstić information content (AvgIpc) is 2.65. The highest BCUT2D eigenvalue weighted by Crippen LogP contribution is 2.40. The monoisotopic (exact) mass is 406 g/mol. The molecule has 2 atom stereocenters. The topological polar surface area (TPSA) is 0 Å². The number of hydrogen-bond donors (Lipinski definition) is 0. The van der Waals surface area contributed by atoms with Gasteiger partial charge >= 0.3 is 6.18 Å². The molecule has 0 radical (unpaired) electrons. The molecule has 154 valence electrons. The summed E-state index contributed by atoms with van der Waals surface area (Å²) in [4.78, 5) is 0. The van der Waals surface area contributed by atoms with E-state index in [9.17, 15) is 22.0 Å². The lowest BCUT2D eigenvalue weighted by molar-refractivity contribution is -0.142. The molecule has 4 rings (SSSR count). The highest BCUT2D eigenvalue weighted by molar-refractivity contribution is 5.46. The molecule has 0 fully saturated rings. The number of benzene rings is 2. The van der Waals surface area contributed by atoms with Gasteiger partial charge in [0.15, 0.2) is 0 Å². The Morgan fingerprint density at radius 2 is 1.48 bits per heavy atom. The number of allylic oxidation sites excluding steroid dienone is 2. The van der Waals surface area contributed by atoms with Crippen LogP contribution >= 0.6 is 0 Å². The van der Waals surface area contributed by atoms with Crippen molar-refractivity contribution in [2.24, 2.45) is 5.92 Å². The van der Waals surface area contributed by atoms with E-state index >= 15 is 0 Å². The molecule has 0 aliphatic heterocycles. The Labute approximate surface area is 167 Å². The van der Waals surface area contributed by atoms with E-state index in [2.05, 4.69) is 24.3 Å². The van der Waals surface area contributed by atoms with Crippen LogP contribution in [0, 0.1) is 17.6 Å². The van der Waals surface area contributed by atoms with Gasteiger partial charge in [-0.2, -0.15) is 13.2 Å². The van der Waals surface area contributed by atoms with Crippen LogP contribution in [0.25, 0.3) is 0 Å². The van der Waals surface area contributed by atoms with E-state index in [0.717, 1.165) is 43.4 Å². The van der Waals surface area contributed by atoms with Crippen LogP contribution < -0.4 is 0 Å². The first kappa shape index (κ1) is 20.1. The summed E-state index contributed by atoms with van der Waals surface area (Å²) in [6.45, 7) is 2.04. The lowest BCUT2D eigenvalue weighted by Crippen LogP contribution is -2.20. The average molecular weight is 406 g/mol. The normalized spacial score (nSPS) is 21.9. The molecule has 0 saturated heterocycles. The van der Waals surface area contributed by atoms with Gasteiger partial charge in [0.05, 0.1) is 0 Å². The molecule has 5 heteroatoms. The molecule has 2 aromatic rings. The second-order valence-corrected chi connectivity index (χ2v) is 8.17. The standard InChI is InChI=1S/C24H23F5/c1-2-3-14-4-8-19-16(10-14)5-6-17-11-15(7-9-20(17)19)18-12-21(25)23(22(26)13-18)24(27,28)29/h2-3,5-6,12-15H,4,7-11H2,1H3/b3-2+/t14-,15-/m0/s1. The first-order valence-corrected chi connectivity index (χ1v) is 10.1. The summed E-state index contributed by atoms with van der Waals surface area (Å²) in [5.74, 6) is -2.66. The fraction of sp³-hybridized carbons (Fsp3) is 0.417. The predicted molar refractivity (Wildman–Crippen MR) is 103 cm³/mol. The number of hydrogen-bond acceptors (Lipinski definition) is 0. The zero-order valence-corrected chi connectivity index (χ0v) is 16.3. The first-order valence-electron chi connectivity index (χ1n) is 10.1. The fourth-order valence-corrected chi connectivity index (χ4v) is 5.02. The zero-order chi connectivity index (χ0) is 20.8. The molecule has 0 nitrogen and oxygen atoms in total. The third kappa shape index (κ3) is 3.84. The summed E-state index contributed by atoms with van der Waals surface area (Å²) < 4.78 is 66.5. The Bertz CT molecular complexity index is 931. The fourth-order valence-electron chi connectivity index (χ4n) is 5.02. The largest absolute Gasteiger partial charge is 0.422 e. The molecular weight excluding hydrogens is 383 g/mol. The lowest BCUT2D eigenvalue weighted by Gasteiger charge is -2.31. The molecule has 0 heterocycles. The van der Waals surface area contributed by atoms with Crippen molar-refractivity contribution in [2.75, 3.05) is 0 Å². The van der Waals surface area contributed by atoms with Crippen LogP contribution in [0.2, 0.25) is 0 Å². The van der Waals surface area contributed by atoms with Crippen molar-refractivity contribution >= 4 is 0 Å². The maximum Gasteiger partial charge on any atom is 0.422 e. The van der Waals surface area contributed by atoms with Crippen molar-refractivity contribution in [2.45, 2.75) is 57.5 Å². The van der Waals surface area contributed by atoms with E-state index in [1.165, 1.54) is 16.7 Å². The second kappa shape index (κ2) is 7.58. The van der Waals surface area contributed by atoms with E-state index in [1.54, 1.807) is 0 Å². The Balaban J connectivity index is 1.61. The Kier molecular flexibility index (Phi) is 5.26. The van der Waals surface area contributed by atoms with Gasteiger partial charge in [-0.05, 0) is 97.2 Å². The summed E-state index contributed by atoms with van der Waals surface area (Å²) >= 11 is 0. The van der Waals surface area contributed by atoms with Crippen molar-refractivity contribution < 1.29 is 22.0 Å². The van der Waals surface area contributed by atoms with Crippen molar-refractivity contribution in [1.82, 2.24) is 0 Å². The molecule has 29 heavy (non-hydrogen) atoms. The minimum absolute atomic E-state index is 0.175. The molecule has 2 aliphatic carbocycles. The van der Waals surface area contributed by atoms with Crippen molar-refractivity contribution in [3.63, 3.8) is 0 Å². The van der Waals surface area contributed by atoms with Crippen molar-refractivity contribution in [3.8, 4) is 0 Å². The molecule has 0 N–H and O–H groups in total. The smallest absolute Gasteiger partial charge is 0.206 e. The van der Waals surface area contributed by atoms with E-state index in [-0.39, 0.29) is 5.92 Å². The molecule has 0 unspecified atom stereocenters. The third-order valence-electron chi connectivity index (χ3n) is 6.37. The molecule has 0 aromatic heterocycles. The van der Waals surface area contributed by atoms with Gasteiger partial charge < -0.3 is 0 Å². The van der Waals surface area contributed by atoms with Crippen molar-refractivity contribution in [3.05, 3.63) is 81.4 Å². The summed E-state index contributed by atoms with van der Waals surface area (Å²) in [5, 5.41) is 0. The van der Waals surface area contributed by atoms with Gasteiger partial charge in [0.25, 0.3) is 0 Å². The molecule has 0 bridgehead atoms.